The lowest BCUT2D eigenvalue weighted by Crippen LogP contribution is -1.99. The van der Waals surface area contributed by atoms with E-state index in [0.29, 0.717) is 21.6 Å². The Morgan fingerprint density at radius 2 is 1.88 bits per heavy atom. The summed E-state index contributed by atoms with van der Waals surface area (Å²) in [5, 5.41) is 8.73. The van der Waals surface area contributed by atoms with Gasteiger partial charge in [-0.3, -0.25) is 4.68 Å². The van der Waals surface area contributed by atoms with Crippen LogP contribution in [0.1, 0.15) is 5.56 Å². The molecule has 0 amide bonds. The highest BCUT2D eigenvalue weighted by Gasteiger charge is 2.06. The number of nitrogens with one attached hydrogen (secondary N) is 1. The molecule has 0 aliphatic rings. The van der Waals surface area contributed by atoms with Crippen LogP contribution in [0.4, 0.5) is 5.69 Å². The fourth-order valence-corrected chi connectivity index (χ4v) is 2.03. The molecule has 1 aromatic carbocycles. The van der Waals surface area contributed by atoms with Crippen molar-refractivity contribution in [2.24, 2.45) is 7.05 Å². The summed E-state index contributed by atoms with van der Waals surface area (Å²) in [4.78, 5) is 0. The lowest BCUT2D eigenvalue weighted by atomic mass is 10.3. The first-order valence-electron chi connectivity index (χ1n) is 4.92. The minimum Gasteiger partial charge on any atom is -0.380 e. The molecule has 0 saturated carbocycles. The summed E-state index contributed by atoms with van der Waals surface area (Å²) < 4.78 is 1.74. The fraction of sp³-hybridized carbons (Fsp3) is 0.182. The minimum atomic E-state index is 0.448. The van der Waals surface area contributed by atoms with Crippen molar-refractivity contribution in [2.75, 3.05) is 5.32 Å². The molecule has 0 aliphatic carbocycles. The Kier molecular flexibility index (Phi) is 3.82. The highest BCUT2D eigenvalue weighted by molar-refractivity contribution is 6.44. The summed E-state index contributed by atoms with van der Waals surface area (Å²) in [5.41, 5.74) is 1.82. The van der Waals surface area contributed by atoms with E-state index in [4.69, 9.17) is 34.8 Å². The first-order valence-corrected chi connectivity index (χ1v) is 6.05. The van der Waals surface area contributed by atoms with Crippen molar-refractivity contribution in [2.45, 2.75) is 6.54 Å². The summed E-state index contributed by atoms with van der Waals surface area (Å²) in [6, 6.07) is 3.33. The van der Waals surface area contributed by atoms with Crippen molar-refractivity contribution in [1.29, 1.82) is 0 Å². The van der Waals surface area contributed by atoms with Gasteiger partial charge in [-0.2, -0.15) is 5.10 Å². The van der Waals surface area contributed by atoms with Crippen LogP contribution in [0.25, 0.3) is 0 Å². The second-order valence-electron chi connectivity index (χ2n) is 3.62. The lowest BCUT2D eigenvalue weighted by molar-refractivity contribution is 0.767. The van der Waals surface area contributed by atoms with Crippen LogP contribution in [0.5, 0.6) is 0 Å². The van der Waals surface area contributed by atoms with Gasteiger partial charge >= 0.3 is 0 Å². The van der Waals surface area contributed by atoms with Crippen molar-refractivity contribution < 1.29 is 0 Å². The number of aryl methyl sites for hydroxylation is 1. The molecular weight excluding hydrogens is 281 g/mol. The molecule has 1 N–H and O–H groups in total. The molecule has 2 aromatic rings. The van der Waals surface area contributed by atoms with Crippen LogP contribution in [0, 0.1) is 0 Å². The Morgan fingerprint density at radius 3 is 2.53 bits per heavy atom. The normalized spacial score (nSPS) is 10.6. The fourth-order valence-electron chi connectivity index (χ4n) is 1.42. The van der Waals surface area contributed by atoms with Gasteiger partial charge in [0, 0.05) is 25.4 Å². The molecule has 17 heavy (non-hydrogen) atoms. The number of hydrogen-bond donors (Lipinski definition) is 1. The molecule has 90 valence electrons. The van der Waals surface area contributed by atoms with Gasteiger partial charge < -0.3 is 5.32 Å². The molecule has 6 heteroatoms. The molecule has 0 spiro atoms. The first kappa shape index (κ1) is 12.6. The molecule has 1 heterocycles. The SMILES string of the molecule is Cn1cc(CNc2cc(Cl)c(Cl)cc2Cl)cn1. The molecule has 0 saturated heterocycles. The number of rotatable bonds is 3. The van der Waals surface area contributed by atoms with Crippen molar-refractivity contribution in [1.82, 2.24) is 9.78 Å². The average molecular weight is 291 g/mol. The van der Waals surface area contributed by atoms with Crippen LogP contribution in [0.15, 0.2) is 24.5 Å². The van der Waals surface area contributed by atoms with E-state index in [1.54, 1.807) is 23.0 Å². The molecule has 0 fully saturated rings. The Balaban J connectivity index is 2.11. The van der Waals surface area contributed by atoms with Crippen molar-refractivity contribution in [3.8, 4) is 0 Å². The van der Waals surface area contributed by atoms with E-state index in [2.05, 4.69) is 10.4 Å². The van der Waals surface area contributed by atoms with Gasteiger partial charge in [0.2, 0.25) is 0 Å². The van der Waals surface area contributed by atoms with Gasteiger partial charge in [-0.15, -0.1) is 0 Å². The quantitative estimate of drug-likeness (QED) is 0.866. The second kappa shape index (κ2) is 5.17. The van der Waals surface area contributed by atoms with Gasteiger partial charge in [0.05, 0.1) is 27.0 Å². The number of hydrogen-bond acceptors (Lipinski definition) is 2. The lowest BCUT2D eigenvalue weighted by Gasteiger charge is -2.08. The Morgan fingerprint density at radius 1 is 1.18 bits per heavy atom. The molecule has 1 aromatic heterocycles. The monoisotopic (exact) mass is 289 g/mol. The Bertz CT molecular complexity index is 537. The molecule has 0 radical (unpaired) electrons. The highest BCUT2D eigenvalue weighted by atomic mass is 35.5. The zero-order valence-corrected chi connectivity index (χ0v) is 11.3. The maximum Gasteiger partial charge on any atom is 0.0653 e. The molecule has 3 nitrogen and oxygen atoms in total. The van der Waals surface area contributed by atoms with Crippen LogP contribution in [0.3, 0.4) is 0 Å². The smallest absolute Gasteiger partial charge is 0.0653 e. The number of halogens is 3. The molecule has 0 atom stereocenters. The van der Waals surface area contributed by atoms with Gasteiger partial charge in [-0.25, -0.2) is 0 Å². The third-order valence-corrected chi connectivity index (χ3v) is 3.29. The molecule has 0 aliphatic heterocycles. The summed E-state index contributed by atoms with van der Waals surface area (Å²) >= 11 is 17.8. The van der Waals surface area contributed by atoms with Gasteiger partial charge in [-0.05, 0) is 12.1 Å². The summed E-state index contributed by atoms with van der Waals surface area (Å²) in [6.45, 7) is 0.630. The van der Waals surface area contributed by atoms with Gasteiger partial charge in [-0.1, -0.05) is 34.8 Å². The van der Waals surface area contributed by atoms with E-state index in [0.717, 1.165) is 11.3 Å². The van der Waals surface area contributed by atoms with Crippen LogP contribution < -0.4 is 5.32 Å². The zero-order valence-electron chi connectivity index (χ0n) is 9.04. The Labute approximate surface area is 114 Å². The maximum atomic E-state index is 6.05. The van der Waals surface area contributed by atoms with Gasteiger partial charge in [0.1, 0.15) is 0 Å². The zero-order chi connectivity index (χ0) is 12.4. The number of benzene rings is 1. The number of aromatic nitrogens is 2. The van der Waals surface area contributed by atoms with Crippen molar-refractivity contribution in [3.63, 3.8) is 0 Å². The third-order valence-electron chi connectivity index (χ3n) is 2.25. The second-order valence-corrected chi connectivity index (χ2v) is 4.84. The van der Waals surface area contributed by atoms with Crippen LogP contribution in [-0.4, -0.2) is 9.78 Å². The largest absolute Gasteiger partial charge is 0.380 e. The molecular formula is C11H10Cl3N3. The van der Waals surface area contributed by atoms with Crippen molar-refractivity contribution >= 4 is 40.5 Å². The van der Waals surface area contributed by atoms with Gasteiger partial charge in [0.25, 0.3) is 0 Å². The van der Waals surface area contributed by atoms with E-state index >= 15 is 0 Å². The van der Waals surface area contributed by atoms with E-state index in [1.165, 1.54) is 0 Å². The number of nitrogens with zero attached hydrogens (tertiary/aromatic N) is 2. The van der Waals surface area contributed by atoms with E-state index in [9.17, 15) is 0 Å². The summed E-state index contributed by atoms with van der Waals surface area (Å²) in [5.74, 6) is 0. The van der Waals surface area contributed by atoms with E-state index in [-0.39, 0.29) is 0 Å². The maximum absolute atomic E-state index is 6.05. The summed E-state index contributed by atoms with van der Waals surface area (Å²) in [7, 11) is 1.87. The standard InChI is InChI=1S/C11H10Cl3N3/c1-17-6-7(5-16-17)4-15-11-3-9(13)8(12)2-10(11)14/h2-3,5-6,15H,4H2,1H3. The number of anilines is 1. The molecule has 0 bridgehead atoms. The van der Waals surface area contributed by atoms with Crippen LogP contribution in [-0.2, 0) is 13.6 Å². The van der Waals surface area contributed by atoms with E-state index < -0.39 is 0 Å². The Hall–Kier alpha value is -0.900. The third kappa shape index (κ3) is 3.06. The topological polar surface area (TPSA) is 29.9 Å². The summed E-state index contributed by atoms with van der Waals surface area (Å²) in [6.07, 6.45) is 3.72. The molecule has 0 unspecified atom stereocenters. The predicted octanol–water partition coefficient (Wildman–Crippen LogP) is 3.99. The average Bonchev–Trinajstić information content (AvgIpc) is 2.68. The molecule has 2 rings (SSSR count). The van der Waals surface area contributed by atoms with Crippen LogP contribution >= 0.6 is 34.8 Å². The van der Waals surface area contributed by atoms with Crippen LogP contribution in [0.2, 0.25) is 15.1 Å². The van der Waals surface area contributed by atoms with Crippen molar-refractivity contribution in [3.05, 3.63) is 45.2 Å². The van der Waals surface area contributed by atoms with Gasteiger partial charge in [0.15, 0.2) is 0 Å². The highest BCUT2D eigenvalue weighted by Crippen LogP contribution is 2.32. The van der Waals surface area contributed by atoms with E-state index in [1.807, 2.05) is 13.2 Å². The minimum absolute atomic E-state index is 0.448. The first-order chi connectivity index (χ1) is 8.06. The predicted molar refractivity (Wildman–Crippen MR) is 72.0 cm³/mol.